The fraction of sp³-hybridized carbons (Fsp3) is 0.182. The number of hydrogen-bond acceptors (Lipinski definition) is 5. The summed E-state index contributed by atoms with van der Waals surface area (Å²) in [6.45, 7) is 3.62. The molecule has 3 rings (SSSR count). The van der Waals surface area contributed by atoms with E-state index >= 15 is 0 Å². The number of rotatable bonds is 7. The van der Waals surface area contributed by atoms with Crippen LogP contribution in [0.25, 0.3) is 11.1 Å². The molecule has 3 aromatic rings. The number of para-hydroxylation sites is 1. The zero-order valence-electron chi connectivity index (χ0n) is 16.0. The topological polar surface area (TPSA) is 64.6 Å². The minimum atomic E-state index is -0.742. The summed E-state index contributed by atoms with van der Waals surface area (Å²) < 4.78 is 10.9. The van der Waals surface area contributed by atoms with Crippen LogP contribution < -0.4 is 10.1 Å². The normalized spacial score (nSPS) is 11.6. The van der Waals surface area contributed by atoms with Gasteiger partial charge in [0.15, 0.2) is 6.10 Å². The van der Waals surface area contributed by atoms with Gasteiger partial charge in [0.25, 0.3) is 5.91 Å². The third-order valence-corrected chi connectivity index (χ3v) is 5.24. The van der Waals surface area contributed by atoms with Crippen molar-refractivity contribution in [3.63, 3.8) is 0 Å². The SMILES string of the molecule is CCOC(=O)c1c(-c2ccc(Cl)cc2)csc1NC(=O)[C@H](C)Oc1ccccc1. The zero-order valence-corrected chi connectivity index (χ0v) is 17.5. The van der Waals surface area contributed by atoms with Crippen molar-refractivity contribution in [1.82, 2.24) is 0 Å². The first-order chi connectivity index (χ1) is 14.0. The van der Waals surface area contributed by atoms with Gasteiger partial charge in [-0.05, 0) is 43.7 Å². The molecule has 150 valence electrons. The molecule has 0 bridgehead atoms. The summed E-state index contributed by atoms with van der Waals surface area (Å²) in [6, 6.07) is 16.2. The summed E-state index contributed by atoms with van der Waals surface area (Å²) in [5.41, 5.74) is 1.80. The Morgan fingerprint density at radius 3 is 2.45 bits per heavy atom. The Hall–Kier alpha value is -2.83. The van der Waals surface area contributed by atoms with Crippen LogP contribution in [0.2, 0.25) is 5.02 Å². The van der Waals surface area contributed by atoms with E-state index in [-0.39, 0.29) is 12.5 Å². The van der Waals surface area contributed by atoms with Gasteiger partial charge in [-0.25, -0.2) is 4.79 Å². The van der Waals surface area contributed by atoms with Crippen LogP contribution in [0.15, 0.2) is 60.0 Å². The molecule has 0 aliphatic rings. The van der Waals surface area contributed by atoms with Crippen LogP contribution in [-0.2, 0) is 9.53 Å². The standard InChI is InChI=1S/C22H20ClNO4S/c1-3-27-22(26)19-18(15-9-11-16(23)12-10-15)13-29-21(19)24-20(25)14(2)28-17-7-5-4-6-8-17/h4-14H,3H2,1-2H3,(H,24,25)/t14-/m0/s1. The number of amides is 1. The van der Waals surface area contributed by atoms with Crippen molar-refractivity contribution in [2.24, 2.45) is 0 Å². The largest absolute Gasteiger partial charge is 0.481 e. The molecule has 0 aliphatic carbocycles. The predicted octanol–water partition coefficient (Wildman–Crippen LogP) is 5.65. The summed E-state index contributed by atoms with van der Waals surface area (Å²) in [7, 11) is 0. The van der Waals surface area contributed by atoms with Gasteiger partial charge in [-0.3, -0.25) is 4.79 Å². The number of carbonyl (C=O) groups is 2. The molecular weight excluding hydrogens is 410 g/mol. The summed E-state index contributed by atoms with van der Waals surface area (Å²) in [6.07, 6.45) is -0.742. The Morgan fingerprint density at radius 1 is 1.10 bits per heavy atom. The first-order valence-electron chi connectivity index (χ1n) is 9.06. The van der Waals surface area contributed by atoms with Crippen molar-refractivity contribution < 1.29 is 19.1 Å². The Morgan fingerprint density at radius 2 is 1.79 bits per heavy atom. The van der Waals surface area contributed by atoms with Crippen molar-refractivity contribution in [2.75, 3.05) is 11.9 Å². The number of thiophene rings is 1. The molecule has 29 heavy (non-hydrogen) atoms. The van der Waals surface area contributed by atoms with Crippen LogP contribution in [0.1, 0.15) is 24.2 Å². The molecular formula is C22H20ClNO4S. The van der Waals surface area contributed by atoms with E-state index < -0.39 is 12.1 Å². The fourth-order valence-corrected chi connectivity index (χ4v) is 3.75. The molecule has 0 aliphatic heterocycles. The molecule has 1 amide bonds. The number of anilines is 1. The molecule has 0 saturated carbocycles. The maximum absolute atomic E-state index is 12.6. The second-order valence-electron chi connectivity index (χ2n) is 6.14. The molecule has 5 nitrogen and oxygen atoms in total. The minimum absolute atomic E-state index is 0.232. The average Bonchev–Trinajstić information content (AvgIpc) is 3.13. The lowest BCUT2D eigenvalue weighted by Crippen LogP contribution is -2.30. The van der Waals surface area contributed by atoms with E-state index in [0.29, 0.717) is 26.9 Å². The lowest BCUT2D eigenvalue weighted by Gasteiger charge is -2.15. The average molecular weight is 430 g/mol. The highest BCUT2D eigenvalue weighted by molar-refractivity contribution is 7.15. The van der Waals surface area contributed by atoms with Crippen molar-refractivity contribution >= 4 is 39.8 Å². The number of benzene rings is 2. The van der Waals surface area contributed by atoms with Crippen LogP contribution in [-0.4, -0.2) is 24.6 Å². The maximum atomic E-state index is 12.6. The maximum Gasteiger partial charge on any atom is 0.341 e. The van der Waals surface area contributed by atoms with Crippen LogP contribution in [0.4, 0.5) is 5.00 Å². The fourth-order valence-electron chi connectivity index (χ4n) is 2.67. The van der Waals surface area contributed by atoms with Gasteiger partial charge < -0.3 is 14.8 Å². The number of hydrogen-bond donors (Lipinski definition) is 1. The molecule has 1 aromatic heterocycles. The van der Waals surface area contributed by atoms with Gasteiger partial charge >= 0.3 is 5.97 Å². The highest BCUT2D eigenvalue weighted by Gasteiger charge is 2.24. The number of esters is 1. The first kappa shape index (κ1) is 20.9. The minimum Gasteiger partial charge on any atom is -0.481 e. The summed E-state index contributed by atoms with van der Waals surface area (Å²) in [4.78, 5) is 25.2. The van der Waals surface area contributed by atoms with Gasteiger partial charge in [0.1, 0.15) is 16.3 Å². The third-order valence-electron chi connectivity index (χ3n) is 4.09. The van der Waals surface area contributed by atoms with Crippen LogP contribution >= 0.6 is 22.9 Å². The van der Waals surface area contributed by atoms with Gasteiger partial charge in [-0.1, -0.05) is 41.9 Å². The van der Waals surface area contributed by atoms with E-state index in [9.17, 15) is 9.59 Å². The van der Waals surface area contributed by atoms with E-state index in [2.05, 4.69) is 5.32 Å². The molecule has 0 spiro atoms. The Bertz CT molecular complexity index is 986. The van der Waals surface area contributed by atoms with Gasteiger partial charge in [0.2, 0.25) is 0 Å². The highest BCUT2D eigenvalue weighted by atomic mass is 35.5. The van der Waals surface area contributed by atoms with Gasteiger partial charge in [0, 0.05) is 16.0 Å². The monoisotopic (exact) mass is 429 g/mol. The summed E-state index contributed by atoms with van der Waals surface area (Å²) in [5.74, 6) is -0.261. The van der Waals surface area contributed by atoms with E-state index in [1.165, 1.54) is 11.3 Å². The van der Waals surface area contributed by atoms with Crippen LogP contribution in [0.3, 0.4) is 0 Å². The Labute approximate surface area is 178 Å². The molecule has 1 heterocycles. The summed E-state index contributed by atoms with van der Waals surface area (Å²) >= 11 is 7.23. The van der Waals surface area contributed by atoms with Crippen LogP contribution in [0, 0.1) is 0 Å². The quantitative estimate of drug-likeness (QED) is 0.493. The predicted molar refractivity (Wildman–Crippen MR) is 116 cm³/mol. The number of nitrogens with one attached hydrogen (secondary N) is 1. The first-order valence-corrected chi connectivity index (χ1v) is 10.3. The van der Waals surface area contributed by atoms with Gasteiger partial charge in [-0.15, -0.1) is 11.3 Å². The molecule has 2 aromatic carbocycles. The summed E-state index contributed by atoms with van der Waals surface area (Å²) in [5, 5.41) is 5.63. The Kier molecular flexibility index (Phi) is 6.90. The van der Waals surface area contributed by atoms with Crippen LogP contribution in [0.5, 0.6) is 5.75 Å². The second kappa shape index (κ2) is 9.58. The lowest BCUT2D eigenvalue weighted by molar-refractivity contribution is -0.122. The van der Waals surface area contributed by atoms with Gasteiger partial charge in [-0.2, -0.15) is 0 Å². The lowest BCUT2D eigenvalue weighted by atomic mass is 10.0. The van der Waals surface area contributed by atoms with E-state index in [1.54, 1.807) is 38.1 Å². The van der Waals surface area contributed by atoms with Crippen molar-refractivity contribution in [3.8, 4) is 16.9 Å². The van der Waals surface area contributed by atoms with Crippen molar-refractivity contribution in [1.29, 1.82) is 0 Å². The Balaban J connectivity index is 1.85. The molecule has 0 unspecified atom stereocenters. The van der Waals surface area contributed by atoms with E-state index in [4.69, 9.17) is 21.1 Å². The van der Waals surface area contributed by atoms with Crippen molar-refractivity contribution in [2.45, 2.75) is 20.0 Å². The van der Waals surface area contributed by atoms with Crippen molar-refractivity contribution in [3.05, 3.63) is 70.6 Å². The van der Waals surface area contributed by atoms with Gasteiger partial charge in [0.05, 0.1) is 6.61 Å². The highest BCUT2D eigenvalue weighted by Crippen LogP contribution is 2.36. The van der Waals surface area contributed by atoms with E-state index in [0.717, 1.165) is 5.56 Å². The van der Waals surface area contributed by atoms with E-state index in [1.807, 2.05) is 35.7 Å². The molecule has 0 fully saturated rings. The molecule has 0 radical (unpaired) electrons. The third kappa shape index (κ3) is 5.16. The smallest absolute Gasteiger partial charge is 0.341 e. The number of halogens is 1. The number of carbonyl (C=O) groups excluding carboxylic acids is 2. The molecule has 1 N–H and O–H groups in total. The second-order valence-corrected chi connectivity index (χ2v) is 7.46. The molecule has 1 atom stereocenters. The number of ether oxygens (including phenoxy) is 2. The molecule has 0 saturated heterocycles. The zero-order chi connectivity index (χ0) is 20.8. The molecule has 7 heteroatoms.